The smallest absolute Gasteiger partial charge is 0.264 e. The van der Waals surface area contributed by atoms with E-state index < -0.39 is 0 Å². The Morgan fingerprint density at radius 2 is 1.82 bits per heavy atom. The number of hydrogen-bond donors (Lipinski definition) is 1. The first kappa shape index (κ1) is 16.4. The summed E-state index contributed by atoms with van der Waals surface area (Å²) in [5.41, 5.74) is 1.24. The van der Waals surface area contributed by atoms with Crippen LogP contribution in [0.1, 0.15) is 50.1 Å². The first-order valence-corrected chi connectivity index (χ1v) is 8.13. The summed E-state index contributed by atoms with van der Waals surface area (Å²) < 4.78 is 5.47. The van der Waals surface area contributed by atoms with Crippen molar-refractivity contribution in [3.8, 4) is 5.75 Å². The van der Waals surface area contributed by atoms with Crippen molar-refractivity contribution in [2.24, 2.45) is 0 Å². The molecule has 0 atom stereocenters. The molecule has 1 N–H and O–H groups in total. The van der Waals surface area contributed by atoms with E-state index in [1.54, 1.807) is 0 Å². The van der Waals surface area contributed by atoms with E-state index >= 15 is 0 Å². The molecule has 0 unspecified atom stereocenters. The second-order valence-corrected chi connectivity index (χ2v) is 6.67. The van der Waals surface area contributed by atoms with Crippen LogP contribution in [-0.4, -0.2) is 22.7 Å². The lowest BCUT2D eigenvalue weighted by Crippen LogP contribution is -2.20. The number of hydrogen-bond acceptors (Lipinski definition) is 5. The molecule has 22 heavy (non-hydrogen) atoms. The summed E-state index contributed by atoms with van der Waals surface area (Å²) in [6.45, 7) is 8.30. The van der Waals surface area contributed by atoms with E-state index in [1.165, 1.54) is 16.9 Å². The minimum absolute atomic E-state index is 0.0440. The molecule has 0 aliphatic heterocycles. The number of nitrogens with zero attached hydrogens (tertiary/aromatic N) is 2. The van der Waals surface area contributed by atoms with Crippen LogP contribution in [0.25, 0.3) is 0 Å². The fourth-order valence-electron chi connectivity index (χ4n) is 1.77. The van der Waals surface area contributed by atoms with Crippen molar-refractivity contribution in [2.75, 3.05) is 11.9 Å². The monoisotopic (exact) mass is 319 g/mol. The van der Waals surface area contributed by atoms with Gasteiger partial charge in [0.05, 0.1) is 0 Å². The second kappa shape index (κ2) is 7.35. The lowest BCUT2D eigenvalue weighted by Gasteiger charge is -2.08. The van der Waals surface area contributed by atoms with Crippen LogP contribution in [-0.2, 0) is 4.79 Å². The SMILES string of the molecule is CC(C)c1ccc(OCC(=O)Nc2nnc(C(C)C)s2)cc1. The number of ether oxygens (including phenoxy) is 1. The largest absolute Gasteiger partial charge is 0.484 e. The summed E-state index contributed by atoms with van der Waals surface area (Å²) in [7, 11) is 0. The number of anilines is 1. The fraction of sp³-hybridized carbons (Fsp3) is 0.438. The Hall–Kier alpha value is -1.95. The Labute approximate surface area is 134 Å². The van der Waals surface area contributed by atoms with Gasteiger partial charge in [0.15, 0.2) is 6.61 Å². The van der Waals surface area contributed by atoms with Gasteiger partial charge in [-0.3, -0.25) is 10.1 Å². The zero-order valence-electron chi connectivity index (χ0n) is 13.3. The van der Waals surface area contributed by atoms with Gasteiger partial charge in [0.2, 0.25) is 5.13 Å². The van der Waals surface area contributed by atoms with E-state index in [1.807, 2.05) is 38.1 Å². The summed E-state index contributed by atoms with van der Waals surface area (Å²) >= 11 is 1.39. The van der Waals surface area contributed by atoms with Crippen molar-refractivity contribution in [3.63, 3.8) is 0 Å². The van der Waals surface area contributed by atoms with Gasteiger partial charge in [-0.2, -0.15) is 0 Å². The molecule has 2 aromatic rings. The van der Waals surface area contributed by atoms with Gasteiger partial charge in [-0.1, -0.05) is 51.2 Å². The van der Waals surface area contributed by atoms with E-state index in [4.69, 9.17) is 4.74 Å². The Morgan fingerprint density at radius 1 is 1.14 bits per heavy atom. The third kappa shape index (κ3) is 4.53. The average molecular weight is 319 g/mol. The first-order valence-electron chi connectivity index (χ1n) is 7.31. The fourth-order valence-corrected chi connectivity index (χ4v) is 2.53. The van der Waals surface area contributed by atoms with Gasteiger partial charge in [0, 0.05) is 5.92 Å². The number of carbonyl (C=O) groups excluding carboxylic acids is 1. The van der Waals surface area contributed by atoms with Gasteiger partial charge in [0.25, 0.3) is 5.91 Å². The van der Waals surface area contributed by atoms with Crippen LogP contribution in [0.2, 0.25) is 0 Å². The number of rotatable bonds is 6. The number of benzene rings is 1. The maximum atomic E-state index is 11.8. The molecule has 0 aliphatic rings. The molecular weight excluding hydrogens is 298 g/mol. The number of carbonyl (C=O) groups is 1. The van der Waals surface area contributed by atoms with Crippen molar-refractivity contribution in [1.29, 1.82) is 0 Å². The van der Waals surface area contributed by atoms with E-state index in [2.05, 4.69) is 29.4 Å². The molecule has 0 bridgehead atoms. The molecule has 1 amide bonds. The van der Waals surface area contributed by atoms with Gasteiger partial charge >= 0.3 is 0 Å². The van der Waals surface area contributed by atoms with Gasteiger partial charge in [-0.25, -0.2) is 0 Å². The molecule has 0 radical (unpaired) electrons. The maximum Gasteiger partial charge on any atom is 0.264 e. The highest BCUT2D eigenvalue weighted by Crippen LogP contribution is 2.22. The summed E-state index contributed by atoms with van der Waals surface area (Å²) in [4.78, 5) is 11.8. The summed E-state index contributed by atoms with van der Waals surface area (Å²) in [5, 5.41) is 12.1. The van der Waals surface area contributed by atoms with E-state index in [-0.39, 0.29) is 12.5 Å². The topological polar surface area (TPSA) is 64.1 Å². The number of aromatic nitrogens is 2. The molecule has 1 aromatic heterocycles. The normalized spacial score (nSPS) is 11.0. The van der Waals surface area contributed by atoms with Crippen molar-refractivity contribution in [1.82, 2.24) is 10.2 Å². The summed E-state index contributed by atoms with van der Waals surface area (Å²) in [6, 6.07) is 7.78. The summed E-state index contributed by atoms with van der Waals surface area (Å²) in [6.07, 6.45) is 0. The molecule has 5 nitrogen and oxygen atoms in total. The number of amides is 1. The standard InChI is InChI=1S/C16H21N3O2S/c1-10(2)12-5-7-13(8-6-12)21-9-14(20)17-16-19-18-15(22-16)11(3)4/h5-8,10-11H,9H2,1-4H3,(H,17,19,20). The molecule has 1 aromatic carbocycles. The van der Waals surface area contributed by atoms with Crippen LogP contribution < -0.4 is 10.1 Å². The van der Waals surface area contributed by atoms with Crippen LogP contribution >= 0.6 is 11.3 Å². The molecule has 0 aliphatic carbocycles. The van der Waals surface area contributed by atoms with Gasteiger partial charge in [-0.05, 0) is 23.6 Å². The van der Waals surface area contributed by atoms with Gasteiger partial charge in [0.1, 0.15) is 10.8 Å². The van der Waals surface area contributed by atoms with E-state index in [9.17, 15) is 4.79 Å². The van der Waals surface area contributed by atoms with Crippen LogP contribution in [0.4, 0.5) is 5.13 Å². The van der Waals surface area contributed by atoms with Crippen LogP contribution in [0.15, 0.2) is 24.3 Å². The highest BCUT2D eigenvalue weighted by Gasteiger charge is 2.11. The predicted octanol–water partition coefficient (Wildman–Crippen LogP) is 3.80. The van der Waals surface area contributed by atoms with Gasteiger partial charge < -0.3 is 4.74 Å². The average Bonchev–Trinajstić information content (AvgIpc) is 2.94. The first-order chi connectivity index (χ1) is 10.5. The molecular formula is C16H21N3O2S. The highest BCUT2D eigenvalue weighted by molar-refractivity contribution is 7.15. The number of nitrogens with one attached hydrogen (secondary N) is 1. The third-order valence-electron chi connectivity index (χ3n) is 3.10. The van der Waals surface area contributed by atoms with Gasteiger partial charge in [-0.15, -0.1) is 10.2 Å². The predicted molar refractivity (Wildman–Crippen MR) is 88.7 cm³/mol. The maximum absolute atomic E-state index is 11.8. The van der Waals surface area contributed by atoms with Crippen LogP contribution in [0, 0.1) is 0 Å². The molecule has 0 saturated heterocycles. The molecule has 0 spiro atoms. The lowest BCUT2D eigenvalue weighted by atomic mass is 10.0. The van der Waals surface area contributed by atoms with Crippen molar-refractivity contribution < 1.29 is 9.53 Å². The molecule has 1 heterocycles. The van der Waals surface area contributed by atoms with E-state index in [0.29, 0.717) is 22.7 Å². The molecule has 2 rings (SSSR count). The van der Waals surface area contributed by atoms with E-state index in [0.717, 1.165) is 5.01 Å². The Bertz CT molecular complexity index is 621. The van der Waals surface area contributed by atoms with Crippen molar-refractivity contribution in [2.45, 2.75) is 39.5 Å². The molecule has 118 valence electrons. The second-order valence-electron chi connectivity index (χ2n) is 5.66. The molecule has 0 fully saturated rings. The van der Waals surface area contributed by atoms with Crippen molar-refractivity contribution >= 4 is 22.4 Å². The zero-order valence-corrected chi connectivity index (χ0v) is 14.1. The lowest BCUT2D eigenvalue weighted by molar-refractivity contribution is -0.118. The Kier molecular flexibility index (Phi) is 5.49. The third-order valence-corrected chi connectivity index (χ3v) is 4.24. The van der Waals surface area contributed by atoms with Crippen molar-refractivity contribution in [3.05, 3.63) is 34.8 Å². The minimum Gasteiger partial charge on any atom is -0.484 e. The quantitative estimate of drug-likeness (QED) is 0.879. The molecule has 6 heteroatoms. The Morgan fingerprint density at radius 3 is 2.36 bits per heavy atom. The Balaban J connectivity index is 1.84. The molecule has 0 saturated carbocycles. The highest BCUT2D eigenvalue weighted by atomic mass is 32.1. The van der Waals surface area contributed by atoms with Crippen LogP contribution in [0.5, 0.6) is 5.75 Å². The minimum atomic E-state index is -0.237. The zero-order chi connectivity index (χ0) is 16.1. The van der Waals surface area contributed by atoms with Crippen LogP contribution in [0.3, 0.4) is 0 Å². The summed E-state index contributed by atoms with van der Waals surface area (Å²) in [5.74, 6) is 1.22.